The van der Waals surface area contributed by atoms with Crippen molar-refractivity contribution in [1.82, 2.24) is 30.4 Å². The van der Waals surface area contributed by atoms with Crippen LogP contribution in [0.4, 0.5) is 0 Å². The van der Waals surface area contributed by atoms with Crippen LogP contribution in [0.15, 0.2) is 30.6 Å². The number of carbonyl (C=O) groups excluding carboxylic acids is 1. The first-order valence-electron chi connectivity index (χ1n) is 9.02. The molecule has 1 saturated carbocycles. The lowest BCUT2D eigenvalue weighted by Gasteiger charge is -2.33. The number of benzene rings is 1. The highest BCUT2D eigenvalue weighted by molar-refractivity contribution is 5.77. The summed E-state index contributed by atoms with van der Waals surface area (Å²) in [5.74, 6) is 1.09. The zero-order valence-electron chi connectivity index (χ0n) is 15.3. The Morgan fingerprint density at radius 2 is 2.04 bits per heavy atom. The van der Waals surface area contributed by atoms with Crippen LogP contribution in [0.25, 0.3) is 5.69 Å². The number of hydrogen-bond donors (Lipinski definition) is 1. The maximum atomic E-state index is 12.3. The highest BCUT2D eigenvalue weighted by atomic mass is 16.5. The Bertz CT molecular complexity index is 686. The van der Waals surface area contributed by atoms with E-state index in [2.05, 4.69) is 39.8 Å². The molecule has 2 aromatic rings. The Balaban J connectivity index is 1.48. The molecule has 26 heavy (non-hydrogen) atoms. The predicted octanol–water partition coefficient (Wildman–Crippen LogP) is 1.28. The molecule has 1 amide bonds. The number of aromatic nitrogens is 4. The van der Waals surface area contributed by atoms with E-state index < -0.39 is 0 Å². The van der Waals surface area contributed by atoms with Crippen molar-refractivity contribution < 1.29 is 9.53 Å². The lowest BCUT2D eigenvalue weighted by Crippen LogP contribution is -2.46. The molecule has 1 aromatic carbocycles. The highest BCUT2D eigenvalue weighted by Crippen LogP contribution is 2.25. The van der Waals surface area contributed by atoms with Crippen molar-refractivity contribution >= 4 is 5.91 Å². The van der Waals surface area contributed by atoms with Gasteiger partial charge in [-0.2, -0.15) is 0 Å². The summed E-state index contributed by atoms with van der Waals surface area (Å²) < 4.78 is 7.17. The van der Waals surface area contributed by atoms with Gasteiger partial charge in [0.05, 0.1) is 5.69 Å². The van der Waals surface area contributed by atoms with Crippen LogP contribution in [0, 0.1) is 5.92 Å². The van der Waals surface area contributed by atoms with Crippen LogP contribution in [-0.4, -0.2) is 64.3 Å². The molecule has 1 aliphatic carbocycles. The van der Waals surface area contributed by atoms with Crippen LogP contribution in [0.3, 0.4) is 0 Å². The van der Waals surface area contributed by atoms with Gasteiger partial charge in [-0.25, -0.2) is 4.68 Å². The predicted molar refractivity (Wildman–Crippen MR) is 97.1 cm³/mol. The average molecular weight is 358 g/mol. The van der Waals surface area contributed by atoms with E-state index in [0.717, 1.165) is 18.7 Å². The van der Waals surface area contributed by atoms with Gasteiger partial charge < -0.3 is 15.0 Å². The van der Waals surface area contributed by atoms with Crippen molar-refractivity contribution in [3.63, 3.8) is 0 Å². The molecule has 1 fully saturated rings. The molecule has 1 aromatic heterocycles. The summed E-state index contributed by atoms with van der Waals surface area (Å²) in [5, 5.41) is 14.2. The SMILES string of the molecule is CN(C)CC1CCCCC1NC(=O)COc1ccc(-n2cnnn2)cc1. The molecule has 3 rings (SSSR count). The average Bonchev–Trinajstić information content (AvgIpc) is 3.16. The van der Waals surface area contributed by atoms with E-state index in [1.165, 1.54) is 25.6 Å². The summed E-state index contributed by atoms with van der Waals surface area (Å²) in [6.45, 7) is 1.03. The number of rotatable bonds is 7. The Labute approximate surface area is 153 Å². The molecule has 1 aliphatic rings. The van der Waals surface area contributed by atoms with E-state index in [1.54, 1.807) is 16.8 Å². The number of tetrazole rings is 1. The van der Waals surface area contributed by atoms with E-state index in [4.69, 9.17) is 4.74 Å². The Kier molecular flexibility index (Phi) is 6.17. The molecule has 0 spiro atoms. The van der Waals surface area contributed by atoms with Crippen molar-refractivity contribution in [2.45, 2.75) is 31.7 Å². The first-order valence-corrected chi connectivity index (χ1v) is 9.02. The fourth-order valence-electron chi connectivity index (χ4n) is 3.46. The summed E-state index contributed by atoms with van der Waals surface area (Å²) in [6.07, 6.45) is 6.16. The number of carbonyl (C=O) groups is 1. The van der Waals surface area contributed by atoms with E-state index in [0.29, 0.717) is 11.7 Å². The van der Waals surface area contributed by atoms with Crippen molar-refractivity contribution in [2.75, 3.05) is 27.2 Å². The largest absolute Gasteiger partial charge is 0.484 e. The Morgan fingerprint density at radius 1 is 1.27 bits per heavy atom. The molecule has 2 atom stereocenters. The number of nitrogens with zero attached hydrogens (tertiary/aromatic N) is 5. The summed E-state index contributed by atoms with van der Waals surface area (Å²) in [7, 11) is 4.16. The molecule has 1 heterocycles. The minimum Gasteiger partial charge on any atom is -0.484 e. The molecular formula is C18H26N6O2. The standard InChI is InChI=1S/C18H26N6O2/c1-23(2)11-14-5-3-4-6-17(14)20-18(25)12-26-16-9-7-15(8-10-16)24-13-19-21-22-24/h7-10,13-14,17H,3-6,11-12H2,1-2H3,(H,20,25). The van der Waals surface area contributed by atoms with E-state index in [1.807, 2.05) is 12.1 Å². The highest BCUT2D eigenvalue weighted by Gasteiger charge is 2.26. The minimum absolute atomic E-state index is 0.0232. The van der Waals surface area contributed by atoms with E-state index in [9.17, 15) is 4.79 Å². The van der Waals surface area contributed by atoms with E-state index >= 15 is 0 Å². The molecule has 1 N–H and O–H groups in total. The van der Waals surface area contributed by atoms with Crippen LogP contribution in [0.2, 0.25) is 0 Å². The molecule has 0 aliphatic heterocycles. The maximum Gasteiger partial charge on any atom is 0.258 e. The minimum atomic E-state index is -0.0646. The summed E-state index contributed by atoms with van der Waals surface area (Å²) >= 11 is 0. The quantitative estimate of drug-likeness (QED) is 0.802. The van der Waals surface area contributed by atoms with Gasteiger partial charge in [0.1, 0.15) is 12.1 Å². The van der Waals surface area contributed by atoms with Crippen LogP contribution in [0.1, 0.15) is 25.7 Å². The smallest absolute Gasteiger partial charge is 0.258 e. The second-order valence-electron chi connectivity index (χ2n) is 7.02. The second kappa shape index (κ2) is 8.75. The van der Waals surface area contributed by atoms with Crippen molar-refractivity contribution in [1.29, 1.82) is 0 Å². The zero-order valence-corrected chi connectivity index (χ0v) is 15.3. The molecular weight excluding hydrogens is 332 g/mol. The van der Waals surface area contributed by atoms with Gasteiger partial charge in [-0.1, -0.05) is 12.8 Å². The van der Waals surface area contributed by atoms with E-state index in [-0.39, 0.29) is 18.6 Å². The fraction of sp³-hybridized carbons (Fsp3) is 0.556. The zero-order chi connectivity index (χ0) is 18.4. The topological polar surface area (TPSA) is 85.2 Å². The van der Waals surface area contributed by atoms with Gasteiger partial charge in [-0.05, 0) is 67.5 Å². The van der Waals surface area contributed by atoms with Gasteiger partial charge in [-0.15, -0.1) is 5.10 Å². The molecule has 0 bridgehead atoms. The monoisotopic (exact) mass is 358 g/mol. The van der Waals surface area contributed by atoms with Crippen LogP contribution in [-0.2, 0) is 4.79 Å². The first-order chi connectivity index (χ1) is 12.6. The van der Waals surface area contributed by atoms with Gasteiger partial charge >= 0.3 is 0 Å². The van der Waals surface area contributed by atoms with Crippen LogP contribution < -0.4 is 10.1 Å². The van der Waals surface area contributed by atoms with Crippen molar-refractivity contribution in [3.8, 4) is 11.4 Å². The Hall–Kier alpha value is -2.48. The lowest BCUT2D eigenvalue weighted by atomic mass is 9.84. The van der Waals surface area contributed by atoms with Crippen LogP contribution in [0.5, 0.6) is 5.75 Å². The third-order valence-electron chi connectivity index (χ3n) is 4.68. The molecule has 0 saturated heterocycles. The van der Waals surface area contributed by atoms with Gasteiger partial charge in [0, 0.05) is 12.6 Å². The molecule has 140 valence electrons. The number of amides is 1. The number of hydrogen-bond acceptors (Lipinski definition) is 6. The third-order valence-corrected chi connectivity index (χ3v) is 4.68. The second-order valence-corrected chi connectivity index (χ2v) is 7.02. The number of nitrogens with one attached hydrogen (secondary N) is 1. The Morgan fingerprint density at radius 3 is 2.73 bits per heavy atom. The number of ether oxygens (including phenoxy) is 1. The molecule has 8 nitrogen and oxygen atoms in total. The lowest BCUT2D eigenvalue weighted by molar-refractivity contribution is -0.124. The normalized spacial score (nSPS) is 20.1. The van der Waals surface area contributed by atoms with Crippen molar-refractivity contribution in [2.24, 2.45) is 5.92 Å². The van der Waals surface area contributed by atoms with Crippen molar-refractivity contribution in [3.05, 3.63) is 30.6 Å². The van der Waals surface area contributed by atoms with Gasteiger partial charge in [-0.3, -0.25) is 4.79 Å². The van der Waals surface area contributed by atoms with Gasteiger partial charge in [0.2, 0.25) is 0 Å². The summed E-state index contributed by atoms with van der Waals surface area (Å²) in [6, 6.07) is 7.54. The first kappa shape index (κ1) is 18.3. The third kappa shape index (κ3) is 5.01. The molecule has 8 heteroatoms. The summed E-state index contributed by atoms with van der Waals surface area (Å²) in [5.41, 5.74) is 0.834. The molecule has 0 radical (unpaired) electrons. The maximum absolute atomic E-state index is 12.3. The van der Waals surface area contributed by atoms with Gasteiger partial charge in [0.25, 0.3) is 5.91 Å². The van der Waals surface area contributed by atoms with Gasteiger partial charge in [0.15, 0.2) is 6.61 Å². The molecule has 2 unspecified atom stereocenters. The summed E-state index contributed by atoms with van der Waals surface area (Å²) in [4.78, 5) is 14.5. The van der Waals surface area contributed by atoms with Crippen LogP contribution >= 0.6 is 0 Å². The fourth-order valence-corrected chi connectivity index (χ4v) is 3.46.